The fourth-order valence-corrected chi connectivity index (χ4v) is 3.69. The summed E-state index contributed by atoms with van der Waals surface area (Å²) in [7, 11) is 0. The maximum Gasteiger partial charge on any atom is 0.123 e. The van der Waals surface area contributed by atoms with E-state index in [0.29, 0.717) is 6.29 Å². The largest absolute Gasteiger partial charge is 0.393 e. The van der Waals surface area contributed by atoms with Gasteiger partial charge < -0.3 is 19.6 Å². The molecule has 2 atom stereocenters. The highest BCUT2D eigenvalue weighted by molar-refractivity contribution is 6.01. The van der Waals surface area contributed by atoms with E-state index in [1.54, 1.807) is 18.2 Å². The zero-order valence-corrected chi connectivity index (χ0v) is 16.6. The predicted octanol–water partition coefficient (Wildman–Crippen LogP) is 4.74. The minimum absolute atomic E-state index is 0.00200. The average Bonchev–Trinajstić information content (AvgIpc) is 3.01. The molecule has 0 aliphatic rings. The second kappa shape index (κ2) is 9.16. The molecule has 0 bridgehead atoms. The molecule has 152 valence electrons. The fourth-order valence-electron chi connectivity index (χ4n) is 3.69. The predicted molar refractivity (Wildman–Crippen MR) is 114 cm³/mol. The van der Waals surface area contributed by atoms with Crippen LogP contribution in [0.5, 0.6) is 0 Å². The van der Waals surface area contributed by atoms with E-state index in [-0.39, 0.29) is 24.7 Å². The molecule has 4 nitrogen and oxygen atoms in total. The van der Waals surface area contributed by atoms with Crippen LogP contribution < -0.4 is 0 Å². The third-order valence-corrected chi connectivity index (χ3v) is 4.96. The van der Waals surface area contributed by atoms with E-state index in [1.165, 1.54) is 12.1 Å². The van der Waals surface area contributed by atoms with E-state index in [1.807, 2.05) is 30.3 Å². The average molecular weight is 395 g/mol. The second-order valence-corrected chi connectivity index (χ2v) is 7.47. The van der Waals surface area contributed by atoms with Crippen LogP contribution in [-0.2, 0) is 4.79 Å². The number of benzene rings is 2. The summed E-state index contributed by atoms with van der Waals surface area (Å²) in [6.07, 6.45) is 2.44. The summed E-state index contributed by atoms with van der Waals surface area (Å²) >= 11 is 0. The molecule has 0 fully saturated rings. The van der Waals surface area contributed by atoms with E-state index in [9.17, 15) is 19.4 Å². The van der Waals surface area contributed by atoms with Gasteiger partial charge in [0.2, 0.25) is 0 Å². The number of halogens is 1. The molecule has 2 aromatic carbocycles. The zero-order valence-electron chi connectivity index (χ0n) is 16.6. The van der Waals surface area contributed by atoms with Crippen LogP contribution in [0.1, 0.15) is 38.4 Å². The quantitative estimate of drug-likeness (QED) is 0.542. The standard InChI is InChI=1S/C24H26FNO3/c1-16(2)26-22-6-4-3-5-21(22)24(17-7-9-18(25)10-8-17)23(26)12-11-19(28)15-20(29)13-14-27/h3-12,14,16,19-20,28-29H,13,15H2,1-2H3/b12-11+/t19-,20+/m0/s1. The number of aliphatic hydroxyl groups excluding tert-OH is 2. The maximum absolute atomic E-state index is 13.5. The SMILES string of the molecule is CC(C)n1c(/C=C/[C@H](O)C[C@H](O)CC=O)c(-c2ccc(F)cc2)c2ccccc21. The highest BCUT2D eigenvalue weighted by atomic mass is 19.1. The molecule has 0 aliphatic heterocycles. The summed E-state index contributed by atoms with van der Waals surface area (Å²) in [5, 5.41) is 21.1. The number of aldehydes is 1. The molecule has 0 saturated heterocycles. The van der Waals surface area contributed by atoms with Crippen molar-refractivity contribution in [2.75, 3.05) is 0 Å². The van der Waals surface area contributed by atoms with Gasteiger partial charge in [-0.3, -0.25) is 0 Å². The Labute approximate surface area is 169 Å². The van der Waals surface area contributed by atoms with Crippen LogP contribution >= 0.6 is 0 Å². The Balaban J connectivity index is 2.12. The number of carbonyl (C=O) groups excluding carboxylic acids is 1. The lowest BCUT2D eigenvalue weighted by molar-refractivity contribution is -0.109. The van der Waals surface area contributed by atoms with Crippen molar-refractivity contribution in [3.63, 3.8) is 0 Å². The number of hydrogen-bond acceptors (Lipinski definition) is 3. The first-order chi connectivity index (χ1) is 13.9. The van der Waals surface area contributed by atoms with Crippen LogP contribution in [-0.4, -0.2) is 33.3 Å². The molecule has 5 heteroatoms. The van der Waals surface area contributed by atoms with Crippen molar-refractivity contribution in [3.8, 4) is 11.1 Å². The number of fused-ring (bicyclic) bond motifs is 1. The molecule has 3 aromatic rings. The van der Waals surface area contributed by atoms with Crippen LogP contribution in [0.2, 0.25) is 0 Å². The Morgan fingerprint density at radius 3 is 2.41 bits per heavy atom. The Hall–Kier alpha value is -2.76. The van der Waals surface area contributed by atoms with Gasteiger partial charge in [0.1, 0.15) is 12.1 Å². The van der Waals surface area contributed by atoms with Gasteiger partial charge in [-0.2, -0.15) is 0 Å². The number of nitrogens with zero attached hydrogens (tertiary/aromatic N) is 1. The number of carbonyl (C=O) groups is 1. The van der Waals surface area contributed by atoms with E-state index >= 15 is 0 Å². The van der Waals surface area contributed by atoms with Crippen molar-refractivity contribution in [3.05, 3.63) is 66.1 Å². The van der Waals surface area contributed by atoms with E-state index in [2.05, 4.69) is 18.4 Å². The third kappa shape index (κ3) is 4.63. The van der Waals surface area contributed by atoms with Crippen molar-refractivity contribution in [1.29, 1.82) is 0 Å². The number of rotatable bonds is 8. The normalized spacial score (nSPS) is 14.0. The maximum atomic E-state index is 13.5. The topological polar surface area (TPSA) is 62.5 Å². The molecule has 29 heavy (non-hydrogen) atoms. The lowest BCUT2D eigenvalue weighted by Gasteiger charge is -2.15. The molecule has 0 spiro atoms. The summed E-state index contributed by atoms with van der Waals surface area (Å²) in [6, 6.07) is 14.6. The van der Waals surface area contributed by atoms with Gasteiger partial charge in [-0.1, -0.05) is 36.4 Å². The van der Waals surface area contributed by atoms with Gasteiger partial charge in [-0.05, 0) is 43.7 Å². The Morgan fingerprint density at radius 1 is 1.07 bits per heavy atom. The Kier molecular flexibility index (Phi) is 6.62. The van der Waals surface area contributed by atoms with Gasteiger partial charge in [0, 0.05) is 41.0 Å². The first-order valence-electron chi connectivity index (χ1n) is 9.79. The molecule has 0 aliphatic carbocycles. The summed E-state index contributed by atoms with van der Waals surface area (Å²) in [5.74, 6) is -0.293. The molecule has 0 saturated carbocycles. The van der Waals surface area contributed by atoms with Gasteiger partial charge in [-0.25, -0.2) is 4.39 Å². The molecule has 0 amide bonds. The van der Waals surface area contributed by atoms with Crippen molar-refractivity contribution in [2.45, 2.75) is 44.9 Å². The first kappa shape index (κ1) is 21.0. The van der Waals surface area contributed by atoms with Gasteiger partial charge in [0.25, 0.3) is 0 Å². The van der Waals surface area contributed by atoms with Crippen LogP contribution in [0.15, 0.2) is 54.6 Å². The lowest BCUT2D eigenvalue weighted by Crippen LogP contribution is -2.16. The van der Waals surface area contributed by atoms with Crippen molar-refractivity contribution >= 4 is 23.3 Å². The van der Waals surface area contributed by atoms with Gasteiger partial charge in [-0.15, -0.1) is 0 Å². The molecule has 2 N–H and O–H groups in total. The second-order valence-electron chi connectivity index (χ2n) is 7.47. The molecular weight excluding hydrogens is 369 g/mol. The number of aliphatic hydroxyl groups is 2. The number of hydrogen-bond donors (Lipinski definition) is 2. The number of para-hydroxylation sites is 1. The van der Waals surface area contributed by atoms with Crippen molar-refractivity contribution in [2.24, 2.45) is 0 Å². The van der Waals surface area contributed by atoms with E-state index < -0.39 is 12.2 Å². The van der Waals surface area contributed by atoms with Crippen molar-refractivity contribution in [1.82, 2.24) is 4.57 Å². The first-order valence-corrected chi connectivity index (χ1v) is 9.79. The molecule has 0 radical (unpaired) electrons. The zero-order chi connectivity index (χ0) is 21.0. The van der Waals surface area contributed by atoms with Crippen LogP contribution in [0.3, 0.4) is 0 Å². The van der Waals surface area contributed by atoms with E-state index in [4.69, 9.17) is 0 Å². The highest BCUT2D eigenvalue weighted by Crippen LogP contribution is 2.38. The minimum Gasteiger partial charge on any atom is -0.393 e. The minimum atomic E-state index is -0.885. The smallest absolute Gasteiger partial charge is 0.123 e. The molecule has 1 aromatic heterocycles. The monoisotopic (exact) mass is 395 g/mol. The Morgan fingerprint density at radius 2 is 1.76 bits per heavy atom. The highest BCUT2D eigenvalue weighted by Gasteiger charge is 2.19. The molecule has 3 rings (SSSR count). The van der Waals surface area contributed by atoms with Gasteiger partial charge in [0.15, 0.2) is 0 Å². The summed E-state index contributed by atoms with van der Waals surface area (Å²) in [6.45, 7) is 4.17. The summed E-state index contributed by atoms with van der Waals surface area (Å²) < 4.78 is 15.7. The lowest BCUT2D eigenvalue weighted by atomic mass is 10.0. The summed E-state index contributed by atoms with van der Waals surface area (Å²) in [4.78, 5) is 10.5. The summed E-state index contributed by atoms with van der Waals surface area (Å²) in [5.41, 5.74) is 3.80. The fraction of sp³-hybridized carbons (Fsp3) is 0.292. The molecular formula is C24H26FNO3. The van der Waals surface area contributed by atoms with Crippen LogP contribution in [0, 0.1) is 5.82 Å². The van der Waals surface area contributed by atoms with Crippen LogP contribution in [0.25, 0.3) is 28.1 Å². The van der Waals surface area contributed by atoms with E-state index in [0.717, 1.165) is 27.7 Å². The van der Waals surface area contributed by atoms with Gasteiger partial charge >= 0.3 is 0 Å². The van der Waals surface area contributed by atoms with Crippen LogP contribution in [0.4, 0.5) is 4.39 Å². The van der Waals surface area contributed by atoms with Crippen molar-refractivity contribution < 1.29 is 19.4 Å². The third-order valence-electron chi connectivity index (χ3n) is 4.96. The molecule has 0 unspecified atom stereocenters. The van der Waals surface area contributed by atoms with Gasteiger partial charge in [0.05, 0.1) is 12.2 Å². The Bertz CT molecular complexity index is 1000. The molecule has 1 heterocycles. The number of aromatic nitrogens is 1.